The van der Waals surface area contributed by atoms with Gasteiger partial charge >= 0.3 is 0 Å². The second-order valence-corrected chi connectivity index (χ2v) is 8.68. The Hall–Kier alpha value is -3.98. The highest BCUT2D eigenvalue weighted by Crippen LogP contribution is 2.40. The van der Waals surface area contributed by atoms with Crippen molar-refractivity contribution < 1.29 is 28.1 Å². The van der Waals surface area contributed by atoms with Crippen LogP contribution in [0.1, 0.15) is 18.1 Å². The van der Waals surface area contributed by atoms with Crippen LogP contribution >= 0.6 is 11.8 Å². The lowest BCUT2D eigenvalue weighted by Gasteiger charge is -2.14. The number of nitrogens with one attached hydrogen (secondary N) is 1. The van der Waals surface area contributed by atoms with E-state index in [4.69, 9.17) is 24.4 Å². The molecule has 0 radical (unpaired) electrons. The van der Waals surface area contributed by atoms with E-state index in [1.54, 1.807) is 48.5 Å². The second kappa shape index (κ2) is 9.71. The van der Waals surface area contributed by atoms with E-state index < -0.39 is 0 Å². The van der Waals surface area contributed by atoms with Gasteiger partial charge in [-0.25, -0.2) is 4.39 Å². The Balaban J connectivity index is 1.35. The van der Waals surface area contributed by atoms with Gasteiger partial charge < -0.3 is 18.9 Å². The van der Waals surface area contributed by atoms with Crippen LogP contribution in [0.4, 0.5) is 10.1 Å². The summed E-state index contributed by atoms with van der Waals surface area (Å²) in [4.78, 5) is 14.9. The molecule has 1 amide bonds. The van der Waals surface area contributed by atoms with Gasteiger partial charge in [0.05, 0.1) is 17.2 Å². The van der Waals surface area contributed by atoms with Gasteiger partial charge in [-0.3, -0.25) is 15.1 Å². The smallest absolute Gasteiger partial charge is 0.271 e. The zero-order chi connectivity index (χ0) is 24.4. The van der Waals surface area contributed by atoms with Crippen LogP contribution in [-0.2, 0) is 11.4 Å². The molecule has 35 heavy (non-hydrogen) atoms. The molecule has 1 fully saturated rings. The molecule has 0 bridgehead atoms. The summed E-state index contributed by atoms with van der Waals surface area (Å²) >= 11 is 1.08. The molecule has 0 unspecified atom stereocenters. The fourth-order valence-electron chi connectivity index (χ4n) is 3.64. The van der Waals surface area contributed by atoms with Crippen molar-refractivity contribution in [1.82, 2.24) is 0 Å². The van der Waals surface area contributed by atoms with Crippen molar-refractivity contribution in [1.29, 1.82) is 5.41 Å². The minimum atomic E-state index is -0.300. The summed E-state index contributed by atoms with van der Waals surface area (Å²) in [7, 11) is 0. The minimum absolute atomic E-state index is 0.101. The third-order valence-electron chi connectivity index (χ3n) is 5.31. The van der Waals surface area contributed by atoms with E-state index in [0.717, 1.165) is 22.9 Å². The molecule has 7 nitrogen and oxygen atoms in total. The number of benzene rings is 3. The van der Waals surface area contributed by atoms with E-state index >= 15 is 0 Å². The SMILES string of the molecule is CCOc1cc(C=C2SC(=N)N(c3ccc4c(c3)OCO4)C2=O)ccc1OCc1ccc(F)cc1. The number of fused-ring (bicyclic) bond motifs is 1. The number of carbonyl (C=O) groups excluding carboxylic acids is 1. The summed E-state index contributed by atoms with van der Waals surface area (Å²) < 4.78 is 35.5. The van der Waals surface area contributed by atoms with Gasteiger partial charge in [0, 0.05) is 6.07 Å². The molecule has 0 aromatic heterocycles. The predicted octanol–water partition coefficient (Wildman–Crippen LogP) is 5.59. The predicted molar refractivity (Wildman–Crippen MR) is 132 cm³/mol. The van der Waals surface area contributed by atoms with E-state index in [2.05, 4.69) is 0 Å². The number of nitrogens with zero attached hydrogens (tertiary/aromatic N) is 1. The highest BCUT2D eigenvalue weighted by molar-refractivity contribution is 8.19. The maximum absolute atomic E-state index is 13.1. The summed E-state index contributed by atoms with van der Waals surface area (Å²) in [6.07, 6.45) is 1.72. The number of thioether (sulfide) groups is 1. The number of carbonyl (C=O) groups is 1. The molecule has 2 heterocycles. The van der Waals surface area contributed by atoms with Crippen LogP contribution < -0.4 is 23.8 Å². The molecule has 0 spiro atoms. The highest BCUT2D eigenvalue weighted by atomic mass is 32.2. The molecular weight excluding hydrogens is 471 g/mol. The third kappa shape index (κ3) is 4.81. The third-order valence-corrected chi connectivity index (χ3v) is 6.20. The van der Waals surface area contributed by atoms with Crippen molar-refractivity contribution in [3.05, 3.63) is 82.5 Å². The molecule has 3 aromatic rings. The second-order valence-electron chi connectivity index (χ2n) is 7.65. The van der Waals surface area contributed by atoms with E-state index in [0.29, 0.717) is 40.2 Å². The van der Waals surface area contributed by atoms with Crippen molar-refractivity contribution >= 4 is 34.6 Å². The molecule has 3 aromatic carbocycles. The first-order valence-corrected chi connectivity index (χ1v) is 11.7. The number of amides is 1. The number of halogens is 1. The van der Waals surface area contributed by atoms with Crippen LogP contribution in [-0.4, -0.2) is 24.5 Å². The molecule has 1 saturated heterocycles. The maximum Gasteiger partial charge on any atom is 0.271 e. The number of hydrogen-bond donors (Lipinski definition) is 1. The normalized spacial score (nSPS) is 15.7. The van der Waals surface area contributed by atoms with Crippen LogP contribution in [0.25, 0.3) is 6.08 Å². The van der Waals surface area contributed by atoms with Gasteiger partial charge in [-0.2, -0.15) is 0 Å². The monoisotopic (exact) mass is 492 g/mol. The molecule has 2 aliphatic rings. The molecule has 9 heteroatoms. The number of ether oxygens (including phenoxy) is 4. The Morgan fingerprint density at radius 1 is 1.03 bits per heavy atom. The van der Waals surface area contributed by atoms with Crippen molar-refractivity contribution in [3.8, 4) is 23.0 Å². The fourth-order valence-corrected chi connectivity index (χ4v) is 4.50. The van der Waals surface area contributed by atoms with Gasteiger partial charge in [0.1, 0.15) is 12.4 Å². The van der Waals surface area contributed by atoms with Crippen molar-refractivity contribution in [3.63, 3.8) is 0 Å². The molecule has 2 aliphatic heterocycles. The van der Waals surface area contributed by atoms with Crippen molar-refractivity contribution in [2.45, 2.75) is 13.5 Å². The largest absolute Gasteiger partial charge is 0.490 e. The van der Waals surface area contributed by atoms with Crippen LogP contribution in [0.2, 0.25) is 0 Å². The van der Waals surface area contributed by atoms with Gasteiger partial charge in [0.25, 0.3) is 5.91 Å². The van der Waals surface area contributed by atoms with Crippen LogP contribution in [0.5, 0.6) is 23.0 Å². The average Bonchev–Trinajstić information content (AvgIpc) is 3.43. The standard InChI is InChI=1S/C26H21FN2O5S/c1-2-31-22-11-17(5-9-20(22)32-14-16-3-6-18(27)7-4-16)12-24-25(30)29(26(28)35-24)19-8-10-21-23(13-19)34-15-33-21/h3-13,28H,2,14-15H2,1H3. The first-order chi connectivity index (χ1) is 17.0. The zero-order valence-corrected chi connectivity index (χ0v) is 19.6. The van der Waals surface area contributed by atoms with Crippen molar-refractivity contribution in [2.75, 3.05) is 18.3 Å². The molecule has 178 valence electrons. The maximum atomic E-state index is 13.1. The summed E-state index contributed by atoms with van der Waals surface area (Å²) in [5, 5.41) is 8.45. The lowest BCUT2D eigenvalue weighted by atomic mass is 10.1. The van der Waals surface area contributed by atoms with Crippen molar-refractivity contribution in [2.24, 2.45) is 0 Å². The van der Waals surface area contributed by atoms with Gasteiger partial charge in [0.15, 0.2) is 28.2 Å². The van der Waals surface area contributed by atoms with Gasteiger partial charge in [-0.1, -0.05) is 18.2 Å². The lowest BCUT2D eigenvalue weighted by Crippen LogP contribution is -2.28. The summed E-state index contributed by atoms with van der Waals surface area (Å²) in [5.41, 5.74) is 2.11. The number of hydrogen-bond acceptors (Lipinski definition) is 7. The summed E-state index contributed by atoms with van der Waals surface area (Å²) in [5.74, 6) is 1.63. The number of amidine groups is 1. The average molecular weight is 493 g/mol. The van der Waals surface area contributed by atoms with Crippen LogP contribution in [0.3, 0.4) is 0 Å². The number of rotatable bonds is 7. The highest BCUT2D eigenvalue weighted by Gasteiger charge is 2.34. The van der Waals surface area contributed by atoms with E-state index in [9.17, 15) is 9.18 Å². The summed E-state index contributed by atoms with van der Waals surface area (Å²) in [6.45, 7) is 2.70. The van der Waals surface area contributed by atoms with Crippen LogP contribution in [0, 0.1) is 11.2 Å². The van der Waals surface area contributed by atoms with E-state index in [1.165, 1.54) is 17.0 Å². The van der Waals surface area contributed by atoms with E-state index in [-0.39, 0.29) is 30.3 Å². The zero-order valence-electron chi connectivity index (χ0n) is 18.7. The molecular formula is C26H21FN2O5S. The van der Waals surface area contributed by atoms with Crippen LogP contribution in [0.15, 0.2) is 65.6 Å². The molecule has 0 saturated carbocycles. The Morgan fingerprint density at radius 3 is 2.63 bits per heavy atom. The van der Waals surface area contributed by atoms with Gasteiger partial charge in [-0.05, 0) is 72.3 Å². The quantitative estimate of drug-likeness (QED) is 0.433. The fraction of sp³-hybridized carbons (Fsp3) is 0.154. The van der Waals surface area contributed by atoms with E-state index in [1.807, 2.05) is 13.0 Å². The molecule has 0 atom stereocenters. The van der Waals surface area contributed by atoms with Gasteiger partial charge in [-0.15, -0.1) is 0 Å². The number of anilines is 1. The topological polar surface area (TPSA) is 81.1 Å². The Labute approximate surface area is 205 Å². The Morgan fingerprint density at radius 2 is 1.83 bits per heavy atom. The first-order valence-electron chi connectivity index (χ1n) is 10.9. The first kappa shape index (κ1) is 22.8. The Kier molecular flexibility index (Phi) is 6.33. The minimum Gasteiger partial charge on any atom is -0.490 e. The molecule has 1 N–H and O–H groups in total. The molecule has 5 rings (SSSR count). The molecule has 0 aliphatic carbocycles. The summed E-state index contributed by atoms with van der Waals surface area (Å²) in [6, 6.07) is 16.6. The lowest BCUT2D eigenvalue weighted by molar-refractivity contribution is -0.113. The Bertz CT molecular complexity index is 1330. The van der Waals surface area contributed by atoms with Gasteiger partial charge in [0.2, 0.25) is 6.79 Å².